The molecular formula is C15H27N3. The molecule has 1 N–H and O–H groups in total. The Hall–Kier alpha value is -0.960. The normalized spacial score (nSPS) is 12.7. The van der Waals surface area contributed by atoms with E-state index in [1.807, 2.05) is 0 Å². The van der Waals surface area contributed by atoms with E-state index in [4.69, 9.17) is 0 Å². The maximum absolute atomic E-state index is 4.63. The van der Waals surface area contributed by atoms with Crippen molar-refractivity contribution in [2.75, 3.05) is 13.1 Å². The predicted molar refractivity (Wildman–Crippen MR) is 76.9 cm³/mol. The molecule has 0 saturated carbocycles. The number of aromatic nitrogens is 2. The van der Waals surface area contributed by atoms with Gasteiger partial charge in [-0.05, 0) is 51.3 Å². The molecule has 1 rings (SSSR count). The zero-order valence-corrected chi connectivity index (χ0v) is 12.5. The Labute approximate surface area is 111 Å². The van der Waals surface area contributed by atoms with Gasteiger partial charge in [0.2, 0.25) is 0 Å². The molecule has 1 unspecified atom stereocenters. The summed E-state index contributed by atoms with van der Waals surface area (Å²) in [4.78, 5) is 9.25. The van der Waals surface area contributed by atoms with Crippen LogP contribution < -0.4 is 5.32 Å². The number of nitrogens with one attached hydrogen (secondary N) is 1. The fraction of sp³-hybridized carbons (Fsp3) is 0.733. The quantitative estimate of drug-likeness (QED) is 0.807. The molecule has 0 fully saturated rings. The standard InChI is InChI=1S/C15H27N3/c1-6-8-15-17-12(4)14(13(5)18-15)9-11(3)10-16-7-2/h11,16H,6-10H2,1-5H3. The molecule has 0 radical (unpaired) electrons. The molecule has 3 heteroatoms. The van der Waals surface area contributed by atoms with Crippen LogP contribution in [0.25, 0.3) is 0 Å². The van der Waals surface area contributed by atoms with Gasteiger partial charge in [0.05, 0.1) is 0 Å². The van der Waals surface area contributed by atoms with Crippen molar-refractivity contribution in [3.05, 3.63) is 22.8 Å². The van der Waals surface area contributed by atoms with Gasteiger partial charge in [0.15, 0.2) is 0 Å². The molecule has 0 aliphatic heterocycles. The third-order valence-corrected chi connectivity index (χ3v) is 3.24. The summed E-state index contributed by atoms with van der Waals surface area (Å²) in [5, 5.41) is 3.40. The third kappa shape index (κ3) is 4.37. The maximum atomic E-state index is 4.63. The summed E-state index contributed by atoms with van der Waals surface area (Å²) < 4.78 is 0. The Bertz CT molecular complexity index is 351. The van der Waals surface area contributed by atoms with Crippen LogP contribution in [0, 0.1) is 19.8 Å². The summed E-state index contributed by atoms with van der Waals surface area (Å²) in [5.41, 5.74) is 3.66. The number of aryl methyl sites for hydroxylation is 3. The van der Waals surface area contributed by atoms with Crippen molar-refractivity contribution in [1.82, 2.24) is 15.3 Å². The van der Waals surface area contributed by atoms with Crippen molar-refractivity contribution in [2.24, 2.45) is 5.92 Å². The zero-order valence-electron chi connectivity index (χ0n) is 12.5. The molecule has 0 bridgehead atoms. The molecule has 0 aliphatic carbocycles. The van der Waals surface area contributed by atoms with E-state index in [0.29, 0.717) is 5.92 Å². The van der Waals surface area contributed by atoms with E-state index >= 15 is 0 Å². The van der Waals surface area contributed by atoms with E-state index in [9.17, 15) is 0 Å². The van der Waals surface area contributed by atoms with Gasteiger partial charge in [-0.3, -0.25) is 0 Å². The highest BCUT2D eigenvalue weighted by Gasteiger charge is 2.11. The minimum atomic E-state index is 0.628. The van der Waals surface area contributed by atoms with Crippen LogP contribution in [0.3, 0.4) is 0 Å². The highest BCUT2D eigenvalue weighted by Crippen LogP contribution is 2.15. The lowest BCUT2D eigenvalue weighted by Crippen LogP contribution is -2.22. The molecule has 1 aromatic heterocycles. The first-order chi connectivity index (χ1) is 8.58. The molecule has 1 atom stereocenters. The lowest BCUT2D eigenvalue weighted by molar-refractivity contribution is 0.517. The van der Waals surface area contributed by atoms with E-state index in [0.717, 1.165) is 49.6 Å². The van der Waals surface area contributed by atoms with E-state index in [2.05, 4.69) is 49.9 Å². The van der Waals surface area contributed by atoms with E-state index in [-0.39, 0.29) is 0 Å². The second kappa shape index (κ2) is 7.47. The van der Waals surface area contributed by atoms with Crippen LogP contribution in [-0.2, 0) is 12.8 Å². The first-order valence-electron chi connectivity index (χ1n) is 7.12. The molecule has 102 valence electrons. The molecule has 1 aromatic rings. The van der Waals surface area contributed by atoms with Crippen LogP contribution in [0.1, 0.15) is 50.0 Å². The Balaban J connectivity index is 2.76. The van der Waals surface area contributed by atoms with Crippen molar-refractivity contribution in [3.63, 3.8) is 0 Å². The third-order valence-electron chi connectivity index (χ3n) is 3.24. The Kier molecular flexibility index (Phi) is 6.27. The fourth-order valence-electron chi connectivity index (χ4n) is 2.25. The van der Waals surface area contributed by atoms with Gasteiger partial charge in [-0.15, -0.1) is 0 Å². The molecule has 1 heterocycles. The average Bonchev–Trinajstić information content (AvgIpc) is 2.31. The average molecular weight is 249 g/mol. The largest absolute Gasteiger partial charge is 0.317 e. The lowest BCUT2D eigenvalue weighted by Gasteiger charge is -2.15. The molecule has 0 aliphatic rings. The Morgan fingerprint density at radius 3 is 2.22 bits per heavy atom. The highest BCUT2D eigenvalue weighted by atomic mass is 14.9. The van der Waals surface area contributed by atoms with Crippen molar-refractivity contribution >= 4 is 0 Å². The molecule has 3 nitrogen and oxygen atoms in total. The number of nitrogens with zero attached hydrogens (tertiary/aromatic N) is 2. The van der Waals surface area contributed by atoms with Crippen molar-refractivity contribution in [3.8, 4) is 0 Å². The molecule has 0 amide bonds. The summed E-state index contributed by atoms with van der Waals surface area (Å²) in [6.45, 7) is 12.9. The summed E-state index contributed by atoms with van der Waals surface area (Å²) in [7, 11) is 0. The summed E-state index contributed by atoms with van der Waals surface area (Å²) >= 11 is 0. The van der Waals surface area contributed by atoms with Gasteiger partial charge in [-0.1, -0.05) is 20.8 Å². The van der Waals surface area contributed by atoms with Crippen LogP contribution in [0.2, 0.25) is 0 Å². The first kappa shape index (κ1) is 15.1. The van der Waals surface area contributed by atoms with Crippen molar-refractivity contribution in [2.45, 2.75) is 53.9 Å². The maximum Gasteiger partial charge on any atom is 0.128 e. The molecule has 0 saturated heterocycles. The van der Waals surface area contributed by atoms with E-state index in [1.165, 1.54) is 5.56 Å². The van der Waals surface area contributed by atoms with Crippen LogP contribution in [0.15, 0.2) is 0 Å². The monoisotopic (exact) mass is 249 g/mol. The first-order valence-corrected chi connectivity index (χ1v) is 7.12. The number of rotatable bonds is 7. The van der Waals surface area contributed by atoms with Gasteiger partial charge in [0.1, 0.15) is 5.82 Å². The molecule has 18 heavy (non-hydrogen) atoms. The second-order valence-corrected chi connectivity index (χ2v) is 5.16. The Morgan fingerprint density at radius 2 is 1.72 bits per heavy atom. The van der Waals surface area contributed by atoms with Crippen LogP contribution in [0.5, 0.6) is 0 Å². The van der Waals surface area contributed by atoms with Crippen molar-refractivity contribution < 1.29 is 0 Å². The lowest BCUT2D eigenvalue weighted by atomic mass is 9.98. The fourth-order valence-corrected chi connectivity index (χ4v) is 2.25. The molecule has 0 aromatic carbocycles. The van der Waals surface area contributed by atoms with E-state index in [1.54, 1.807) is 0 Å². The molecule has 0 spiro atoms. The van der Waals surface area contributed by atoms with Crippen LogP contribution >= 0.6 is 0 Å². The minimum Gasteiger partial charge on any atom is -0.317 e. The summed E-state index contributed by atoms with van der Waals surface area (Å²) in [6.07, 6.45) is 3.15. The van der Waals surface area contributed by atoms with Crippen LogP contribution in [-0.4, -0.2) is 23.1 Å². The van der Waals surface area contributed by atoms with Gasteiger partial charge in [-0.25, -0.2) is 9.97 Å². The minimum absolute atomic E-state index is 0.628. The summed E-state index contributed by atoms with van der Waals surface area (Å²) in [6, 6.07) is 0. The van der Waals surface area contributed by atoms with Gasteiger partial charge >= 0.3 is 0 Å². The zero-order chi connectivity index (χ0) is 13.5. The molecular weight excluding hydrogens is 222 g/mol. The number of hydrogen-bond acceptors (Lipinski definition) is 3. The van der Waals surface area contributed by atoms with Gasteiger partial charge in [-0.2, -0.15) is 0 Å². The van der Waals surface area contributed by atoms with Gasteiger partial charge < -0.3 is 5.32 Å². The predicted octanol–water partition coefficient (Wildman–Crippen LogP) is 2.83. The number of hydrogen-bond donors (Lipinski definition) is 1. The Morgan fingerprint density at radius 1 is 1.11 bits per heavy atom. The highest BCUT2D eigenvalue weighted by molar-refractivity contribution is 5.25. The SMILES string of the molecule is CCCc1nc(C)c(CC(C)CNCC)c(C)n1. The van der Waals surface area contributed by atoms with E-state index < -0.39 is 0 Å². The second-order valence-electron chi connectivity index (χ2n) is 5.16. The van der Waals surface area contributed by atoms with Crippen LogP contribution in [0.4, 0.5) is 0 Å². The topological polar surface area (TPSA) is 37.8 Å². The van der Waals surface area contributed by atoms with Crippen molar-refractivity contribution in [1.29, 1.82) is 0 Å². The van der Waals surface area contributed by atoms with Gasteiger partial charge in [0, 0.05) is 17.8 Å². The smallest absolute Gasteiger partial charge is 0.128 e. The van der Waals surface area contributed by atoms with Gasteiger partial charge in [0.25, 0.3) is 0 Å². The summed E-state index contributed by atoms with van der Waals surface area (Å²) in [5.74, 6) is 1.62.